The van der Waals surface area contributed by atoms with Gasteiger partial charge in [0.15, 0.2) is 0 Å². The Morgan fingerprint density at radius 2 is 1.73 bits per heavy atom. The summed E-state index contributed by atoms with van der Waals surface area (Å²) in [4.78, 5) is 23.0. The standard InChI is InChI=1S/C5H5NS.C4H4O4/c1-2-6-3-5-7-4-1;5-3(6)1-2-4(7)8/h1-5H;1-2H,(H,5,6)(H,7,8)/b;2-1-. The fourth-order valence-electron chi connectivity index (χ4n) is 0.438. The predicted molar refractivity (Wildman–Crippen MR) is 58.8 cm³/mol. The van der Waals surface area contributed by atoms with Crippen molar-refractivity contribution in [1.29, 1.82) is 0 Å². The first-order valence-corrected chi connectivity index (χ1v) is 4.70. The monoisotopic (exact) mass is 227 g/mol. The van der Waals surface area contributed by atoms with Crippen molar-refractivity contribution in [1.82, 2.24) is 0 Å². The van der Waals surface area contributed by atoms with Crippen molar-refractivity contribution in [3.05, 3.63) is 35.2 Å². The van der Waals surface area contributed by atoms with Gasteiger partial charge in [0.2, 0.25) is 0 Å². The molecule has 0 unspecified atom stereocenters. The van der Waals surface area contributed by atoms with Crippen LogP contribution in [0.3, 0.4) is 0 Å². The molecular formula is C9H9NO4S. The zero-order chi connectivity index (χ0) is 11.5. The molecule has 80 valence electrons. The van der Waals surface area contributed by atoms with Crippen molar-refractivity contribution in [2.75, 3.05) is 0 Å². The lowest BCUT2D eigenvalue weighted by Gasteiger charge is -1.74. The van der Waals surface area contributed by atoms with E-state index in [1.165, 1.54) is 0 Å². The number of thioether (sulfide) groups is 1. The molecule has 0 saturated carbocycles. The van der Waals surface area contributed by atoms with Gasteiger partial charge in [0, 0.05) is 24.6 Å². The number of nitrogens with zero attached hydrogens (tertiary/aromatic N) is 1. The van der Waals surface area contributed by atoms with Crippen molar-refractivity contribution in [3.8, 4) is 0 Å². The van der Waals surface area contributed by atoms with Gasteiger partial charge in [-0.3, -0.25) is 4.99 Å². The summed E-state index contributed by atoms with van der Waals surface area (Å²) in [5.74, 6) is -2.51. The Labute approximate surface area is 90.5 Å². The van der Waals surface area contributed by atoms with Gasteiger partial charge < -0.3 is 10.2 Å². The van der Waals surface area contributed by atoms with Crippen LogP contribution in [0.5, 0.6) is 0 Å². The molecular weight excluding hydrogens is 218 g/mol. The van der Waals surface area contributed by atoms with Crippen molar-refractivity contribution < 1.29 is 19.8 Å². The lowest BCUT2D eigenvalue weighted by atomic mass is 10.5. The SMILES string of the molecule is C1=CSC=CN=C1.O=C(O)/C=C\C(=O)O. The Morgan fingerprint density at radius 3 is 2.27 bits per heavy atom. The highest BCUT2D eigenvalue weighted by molar-refractivity contribution is 8.04. The van der Waals surface area contributed by atoms with Gasteiger partial charge in [-0.25, -0.2) is 9.59 Å². The summed E-state index contributed by atoms with van der Waals surface area (Å²) in [6.45, 7) is 0. The third kappa shape index (κ3) is 12.2. The molecule has 0 radical (unpaired) electrons. The molecule has 0 aliphatic carbocycles. The second kappa shape index (κ2) is 8.76. The van der Waals surface area contributed by atoms with E-state index >= 15 is 0 Å². The van der Waals surface area contributed by atoms with Crippen LogP contribution in [-0.2, 0) is 9.59 Å². The molecule has 0 saturated heterocycles. The minimum absolute atomic E-state index is 0.558. The third-order valence-electron chi connectivity index (χ3n) is 0.923. The van der Waals surface area contributed by atoms with E-state index in [1.807, 2.05) is 16.9 Å². The molecule has 1 heterocycles. The first kappa shape index (κ1) is 13.2. The fraction of sp³-hybridized carbons (Fsp3) is 0. The summed E-state index contributed by atoms with van der Waals surface area (Å²) >= 11 is 1.63. The maximum Gasteiger partial charge on any atom is 0.328 e. The number of hydrogen-bond donors (Lipinski definition) is 2. The van der Waals surface area contributed by atoms with Crippen LogP contribution >= 0.6 is 11.8 Å². The normalized spacial score (nSPS) is 13.1. The minimum Gasteiger partial charge on any atom is -0.478 e. The van der Waals surface area contributed by atoms with E-state index in [1.54, 1.807) is 24.2 Å². The highest BCUT2D eigenvalue weighted by Crippen LogP contribution is 2.04. The molecule has 1 rings (SSSR count). The molecule has 15 heavy (non-hydrogen) atoms. The summed E-state index contributed by atoms with van der Waals surface area (Å²) in [7, 11) is 0. The smallest absolute Gasteiger partial charge is 0.328 e. The van der Waals surface area contributed by atoms with Gasteiger partial charge >= 0.3 is 11.9 Å². The molecule has 6 heteroatoms. The Bertz CT molecular complexity index is 301. The summed E-state index contributed by atoms with van der Waals surface area (Å²) < 4.78 is 0. The second-order valence-corrected chi connectivity index (χ2v) is 2.87. The van der Waals surface area contributed by atoms with Gasteiger partial charge in [-0.1, -0.05) is 0 Å². The number of rotatable bonds is 2. The predicted octanol–water partition coefficient (Wildman–Crippen LogP) is 1.50. The lowest BCUT2D eigenvalue weighted by molar-refractivity contribution is -0.134. The van der Waals surface area contributed by atoms with Gasteiger partial charge in [0.25, 0.3) is 0 Å². The third-order valence-corrected chi connectivity index (χ3v) is 1.52. The molecule has 0 aromatic heterocycles. The molecule has 0 aromatic carbocycles. The molecule has 1 aliphatic heterocycles. The number of carboxylic acid groups (broad SMARTS) is 2. The molecule has 0 atom stereocenters. The number of allylic oxidation sites excluding steroid dienone is 1. The number of carbonyl (C=O) groups is 2. The zero-order valence-electron chi connectivity index (χ0n) is 7.61. The van der Waals surface area contributed by atoms with E-state index < -0.39 is 11.9 Å². The second-order valence-electron chi connectivity index (χ2n) is 2.06. The minimum atomic E-state index is -1.26. The van der Waals surface area contributed by atoms with Gasteiger partial charge in [0.05, 0.1) is 0 Å². The summed E-state index contributed by atoms with van der Waals surface area (Å²) in [6.07, 6.45) is 6.55. The lowest BCUT2D eigenvalue weighted by Crippen LogP contribution is -1.91. The first-order valence-electron chi connectivity index (χ1n) is 3.75. The molecule has 0 aromatic rings. The highest BCUT2D eigenvalue weighted by Gasteiger charge is 1.88. The van der Waals surface area contributed by atoms with Crippen molar-refractivity contribution in [3.63, 3.8) is 0 Å². The van der Waals surface area contributed by atoms with Gasteiger partial charge in [-0.2, -0.15) is 0 Å². The molecule has 0 spiro atoms. The maximum absolute atomic E-state index is 9.55. The molecule has 0 amide bonds. The Morgan fingerprint density at radius 1 is 1.13 bits per heavy atom. The summed E-state index contributed by atoms with van der Waals surface area (Å²) in [5.41, 5.74) is 0. The Hall–Kier alpha value is -1.82. The molecule has 2 N–H and O–H groups in total. The average Bonchev–Trinajstić information content (AvgIpc) is 2.47. The van der Waals surface area contributed by atoms with E-state index in [2.05, 4.69) is 4.99 Å². The van der Waals surface area contributed by atoms with E-state index in [9.17, 15) is 9.59 Å². The largest absolute Gasteiger partial charge is 0.478 e. The van der Waals surface area contributed by atoms with Crippen LogP contribution in [0, 0.1) is 0 Å². The van der Waals surface area contributed by atoms with Gasteiger partial charge in [0.1, 0.15) is 0 Å². The number of aliphatic imine (C=N–C) groups is 1. The molecule has 5 nitrogen and oxygen atoms in total. The topological polar surface area (TPSA) is 87.0 Å². The summed E-state index contributed by atoms with van der Waals surface area (Å²) in [6, 6.07) is 0. The van der Waals surface area contributed by atoms with E-state index in [-0.39, 0.29) is 0 Å². The average molecular weight is 227 g/mol. The van der Waals surface area contributed by atoms with Crippen molar-refractivity contribution in [2.24, 2.45) is 4.99 Å². The van der Waals surface area contributed by atoms with Crippen LogP contribution in [0.15, 0.2) is 40.2 Å². The number of carboxylic acids is 2. The van der Waals surface area contributed by atoms with Crippen LogP contribution in [0.2, 0.25) is 0 Å². The number of hydrogen-bond acceptors (Lipinski definition) is 4. The van der Waals surface area contributed by atoms with Crippen LogP contribution in [0.4, 0.5) is 0 Å². The molecule has 1 aliphatic rings. The zero-order valence-corrected chi connectivity index (χ0v) is 8.42. The Balaban J connectivity index is 0.000000262. The van der Waals surface area contributed by atoms with Gasteiger partial charge in [-0.05, 0) is 16.9 Å². The molecule has 0 bridgehead atoms. The van der Waals surface area contributed by atoms with Crippen LogP contribution in [-0.4, -0.2) is 28.4 Å². The van der Waals surface area contributed by atoms with Crippen molar-refractivity contribution in [2.45, 2.75) is 0 Å². The van der Waals surface area contributed by atoms with E-state index in [0.717, 1.165) is 0 Å². The van der Waals surface area contributed by atoms with E-state index in [4.69, 9.17) is 10.2 Å². The maximum atomic E-state index is 9.55. The van der Waals surface area contributed by atoms with Crippen LogP contribution in [0.1, 0.15) is 0 Å². The Kier molecular flexibility index (Phi) is 7.70. The van der Waals surface area contributed by atoms with Crippen LogP contribution in [0.25, 0.3) is 0 Å². The number of aliphatic carboxylic acids is 2. The quantitative estimate of drug-likeness (QED) is 0.698. The summed E-state index contributed by atoms with van der Waals surface area (Å²) in [5, 5.41) is 19.5. The fourth-order valence-corrected chi connectivity index (χ4v) is 0.830. The van der Waals surface area contributed by atoms with Crippen LogP contribution < -0.4 is 0 Å². The molecule has 0 fully saturated rings. The van der Waals surface area contributed by atoms with Gasteiger partial charge in [-0.15, -0.1) is 11.8 Å². The highest BCUT2D eigenvalue weighted by atomic mass is 32.2. The van der Waals surface area contributed by atoms with Crippen molar-refractivity contribution >= 4 is 29.9 Å². The first-order chi connectivity index (χ1) is 7.13. The van der Waals surface area contributed by atoms with E-state index in [0.29, 0.717) is 12.2 Å².